The summed E-state index contributed by atoms with van der Waals surface area (Å²) < 4.78 is 43.2. The second-order valence-corrected chi connectivity index (χ2v) is 4.72. The van der Waals surface area contributed by atoms with E-state index in [0.29, 0.717) is 5.69 Å². The van der Waals surface area contributed by atoms with Gasteiger partial charge in [0.1, 0.15) is 11.5 Å². The van der Waals surface area contributed by atoms with Crippen molar-refractivity contribution in [2.75, 3.05) is 5.32 Å². The van der Waals surface area contributed by atoms with Crippen molar-refractivity contribution in [2.45, 2.75) is 13.5 Å². The summed E-state index contributed by atoms with van der Waals surface area (Å²) in [7, 11) is 1.51. The van der Waals surface area contributed by atoms with E-state index in [1.807, 2.05) is 0 Å². The molecule has 0 aliphatic rings. The molecule has 0 atom stereocenters. The van der Waals surface area contributed by atoms with Gasteiger partial charge < -0.3 is 10.1 Å². The van der Waals surface area contributed by atoms with Crippen LogP contribution in [0.15, 0.2) is 18.2 Å². The second-order valence-electron chi connectivity index (χ2n) is 4.34. The van der Waals surface area contributed by atoms with Crippen LogP contribution in [0.4, 0.5) is 18.9 Å². The summed E-state index contributed by atoms with van der Waals surface area (Å²) in [5.74, 6) is -1.94. The van der Waals surface area contributed by atoms with Gasteiger partial charge >= 0.3 is 6.61 Å². The van der Waals surface area contributed by atoms with Crippen molar-refractivity contribution in [3.8, 4) is 5.75 Å². The van der Waals surface area contributed by atoms with Crippen molar-refractivity contribution in [2.24, 2.45) is 7.05 Å². The Morgan fingerprint density at radius 1 is 1.45 bits per heavy atom. The molecule has 0 spiro atoms. The van der Waals surface area contributed by atoms with E-state index in [-0.39, 0.29) is 16.4 Å². The minimum absolute atomic E-state index is 0.0477. The van der Waals surface area contributed by atoms with Crippen molar-refractivity contribution < 1.29 is 22.7 Å². The van der Waals surface area contributed by atoms with Crippen molar-refractivity contribution >= 4 is 23.2 Å². The zero-order valence-electron chi connectivity index (χ0n) is 11.5. The lowest BCUT2D eigenvalue weighted by atomic mass is 10.2. The summed E-state index contributed by atoms with van der Waals surface area (Å²) in [4.78, 5) is 12.2. The Morgan fingerprint density at radius 2 is 2.14 bits per heavy atom. The molecular weight excluding hydrogens is 323 g/mol. The average Bonchev–Trinajstić information content (AvgIpc) is 2.66. The highest BCUT2D eigenvalue weighted by Crippen LogP contribution is 2.28. The first-order chi connectivity index (χ1) is 10.3. The fourth-order valence-corrected chi connectivity index (χ4v) is 2.10. The minimum Gasteiger partial charge on any atom is -0.432 e. The van der Waals surface area contributed by atoms with E-state index in [2.05, 4.69) is 15.2 Å². The fourth-order valence-electron chi connectivity index (χ4n) is 1.85. The number of hydrogen-bond donors (Lipinski definition) is 1. The molecule has 2 aromatic rings. The van der Waals surface area contributed by atoms with E-state index >= 15 is 0 Å². The summed E-state index contributed by atoms with van der Waals surface area (Å²) >= 11 is 5.97. The number of anilines is 1. The molecule has 1 heterocycles. The lowest BCUT2D eigenvalue weighted by Crippen LogP contribution is -2.17. The number of aromatic nitrogens is 2. The highest BCUT2D eigenvalue weighted by molar-refractivity contribution is 6.34. The highest BCUT2D eigenvalue weighted by Gasteiger charge is 2.21. The van der Waals surface area contributed by atoms with Crippen LogP contribution in [0.3, 0.4) is 0 Å². The monoisotopic (exact) mass is 333 g/mol. The third kappa shape index (κ3) is 3.33. The maximum Gasteiger partial charge on any atom is 0.387 e. The van der Waals surface area contributed by atoms with Crippen LogP contribution in [0.1, 0.15) is 16.2 Å². The van der Waals surface area contributed by atoms with Gasteiger partial charge in [0.05, 0.1) is 16.4 Å². The number of nitrogens with zero attached hydrogens (tertiary/aromatic N) is 2. The summed E-state index contributed by atoms with van der Waals surface area (Å²) in [6.45, 7) is -1.54. The predicted octanol–water partition coefficient (Wildman–Crippen LogP) is 3.37. The van der Waals surface area contributed by atoms with Crippen LogP contribution < -0.4 is 10.1 Å². The summed E-state index contributed by atoms with van der Waals surface area (Å²) in [5, 5.41) is 6.45. The van der Waals surface area contributed by atoms with Gasteiger partial charge in [-0.15, -0.1) is 0 Å². The van der Waals surface area contributed by atoms with Crippen molar-refractivity contribution in [1.29, 1.82) is 0 Å². The molecule has 22 heavy (non-hydrogen) atoms. The molecule has 0 saturated heterocycles. The van der Waals surface area contributed by atoms with Crippen LogP contribution >= 0.6 is 11.6 Å². The predicted molar refractivity (Wildman–Crippen MR) is 73.9 cm³/mol. The molecule has 0 fully saturated rings. The minimum atomic E-state index is -3.15. The third-order valence-electron chi connectivity index (χ3n) is 2.77. The Hall–Kier alpha value is -2.22. The number of hydrogen-bond acceptors (Lipinski definition) is 3. The maximum atomic E-state index is 13.1. The standard InChI is InChI=1S/C13H11ClF3N3O2/c1-6-10(14)11(20(2)19-6)12(21)18-8-4-3-7(15)5-9(8)22-13(16)17/h3-5,13H,1-2H3,(H,18,21). The van der Waals surface area contributed by atoms with Crippen molar-refractivity contribution in [3.63, 3.8) is 0 Å². The number of carbonyl (C=O) groups is 1. The van der Waals surface area contributed by atoms with Crippen LogP contribution in [0.2, 0.25) is 5.02 Å². The average molecular weight is 334 g/mol. The molecule has 0 bridgehead atoms. The molecule has 5 nitrogen and oxygen atoms in total. The Labute approximate surface area is 128 Å². The zero-order chi connectivity index (χ0) is 16.4. The quantitative estimate of drug-likeness (QED) is 0.933. The van der Waals surface area contributed by atoms with Gasteiger partial charge in [-0.2, -0.15) is 13.9 Å². The van der Waals surface area contributed by atoms with Gasteiger partial charge in [-0.05, 0) is 19.1 Å². The smallest absolute Gasteiger partial charge is 0.387 e. The molecule has 0 unspecified atom stereocenters. The Kier molecular flexibility index (Phi) is 4.60. The van der Waals surface area contributed by atoms with Crippen molar-refractivity contribution in [1.82, 2.24) is 9.78 Å². The largest absolute Gasteiger partial charge is 0.432 e. The number of rotatable bonds is 4. The first kappa shape index (κ1) is 16.2. The van der Waals surface area contributed by atoms with Crippen LogP contribution in [-0.4, -0.2) is 22.3 Å². The van der Waals surface area contributed by atoms with E-state index in [4.69, 9.17) is 11.6 Å². The van der Waals surface area contributed by atoms with Crippen LogP contribution in [0.25, 0.3) is 0 Å². The number of amides is 1. The molecule has 1 aromatic carbocycles. The zero-order valence-corrected chi connectivity index (χ0v) is 12.3. The number of alkyl halides is 2. The molecule has 0 aliphatic heterocycles. The molecule has 0 aliphatic carbocycles. The van der Waals surface area contributed by atoms with Gasteiger partial charge in [-0.25, -0.2) is 4.39 Å². The molecule has 9 heteroatoms. The Balaban J connectivity index is 2.32. The SMILES string of the molecule is Cc1nn(C)c(C(=O)Nc2ccc(F)cc2OC(F)F)c1Cl. The third-order valence-corrected chi connectivity index (χ3v) is 3.22. The second kappa shape index (κ2) is 6.27. The fraction of sp³-hybridized carbons (Fsp3) is 0.231. The first-order valence-corrected chi connectivity index (χ1v) is 6.42. The number of ether oxygens (including phenoxy) is 1. The molecule has 0 radical (unpaired) electrons. The van der Waals surface area contributed by atoms with Gasteiger partial charge in [0.2, 0.25) is 0 Å². The number of benzene rings is 1. The Morgan fingerprint density at radius 3 is 2.68 bits per heavy atom. The molecule has 1 N–H and O–H groups in total. The summed E-state index contributed by atoms with van der Waals surface area (Å²) in [6, 6.07) is 2.87. The summed E-state index contributed by atoms with van der Waals surface area (Å²) in [6.07, 6.45) is 0. The van der Waals surface area contributed by atoms with Gasteiger partial charge in [-0.3, -0.25) is 9.48 Å². The molecule has 118 valence electrons. The lowest BCUT2D eigenvalue weighted by molar-refractivity contribution is -0.0495. The van der Waals surface area contributed by atoms with Crippen LogP contribution in [0, 0.1) is 12.7 Å². The lowest BCUT2D eigenvalue weighted by Gasteiger charge is -2.12. The first-order valence-electron chi connectivity index (χ1n) is 6.04. The number of aryl methyl sites for hydroxylation is 2. The van der Waals surface area contributed by atoms with Crippen LogP contribution in [-0.2, 0) is 7.05 Å². The van der Waals surface area contributed by atoms with E-state index < -0.39 is 24.1 Å². The van der Waals surface area contributed by atoms with E-state index in [0.717, 1.165) is 18.2 Å². The van der Waals surface area contributed by atoms with E-state index in [1.54, 1.807) is 6.92 Å². The molecule has 1 aromatic heterocycles. The Bertz CT molecular complexity index is 719. The van der Waals surface area contributed by atoms with Gasteiger partial charge in [-0.1, -0.05) is 11.6 Å². The van der Waals surface area contributed by atoms with E-state index in [9.17, 15) is 18.0 Å². The number of carbonyl (C=O) groups excluding carboxylic acids is 1. The topological polar surface area (TPSA) is 56.2 Å². The van der Waals surface area contributed by atoms with E-state index in [1.165, 1.54) is 11.7 Å². The molecular formula is C13H11ClF3N3O2. The number of halogens is 4. The molecule has 0 saturated carbocycles. The van der Waals surface area contributed by atoms with Crippen LogP contribution in [0.5, 0.6) is 5.75 Å². The molecule has 1 amide bonds. The molecule has 2 rings (SSSR count). The van der Waals surface area contributed by atoms with Gasteiger partial charge in [0.25, 0.3) is 5.91 Å². The van der Waals surface area contributed by atoms with Crippen molar-refractivity contribution in [3.05, 3.63) is 40.4 Å². The normalized spacial score (nSPS) is 10.9. The number of nitrogens with one attached hydrogen (secondary N) is 1. The maximum absolute atomic E-state index is 13.1. The highest BCUT2D eigenvalue weighted by atomic mass is 35.5. The van der Waals surface area contributed by atoms with Gasteiger partial charge in [0, 0.05) is 13.1 Å². The summed E-state index contributed by atoms with van der Waals surface area (Å²) in [5.41, 5.74) is 0.380. The van der Waals surface area contributed by atoms with Gasteiger partial charge in [0.15, 0.2) is 5.75 Å².